The third-order valence-electron chi connectivity index (χ3n) is 6.41. The highest BCUT2D eigenvalue weighted by Gasteiger charge is 2.30. The predicted molar refractivity (Wildman–Crippen MR) is 149 cm³/mol. The minimum atomic E-state index is -1.56. The molecule has 0 aliphatic carbocycles. The van der Waals surface area contributed by atoms with E-state index >= 15 is 0 Å². The summed E-state index contributed by atoms with van der Waals surface area (Å²) in [7, 11) is 0. The Kier molecular flexibility index (Phi) is 21.6. The van der Waals surface area contributed by atoms with Crippen LogP contribution < -0.4 is 0 Å². The Hall–Kier alpha value is -1.71. The van der Waals surface area contributed by atoms with Gasteiger partial charge in [0.05, 0.1) is 90.0 Å². The Bertz CT molecular complexity index is 811. The fourth-order valence-corrected chi connectivity index (χ4v) is 3.92. The Balaban J connectivity index is 2.25. The summed E-state index contributed by atoms with van der Waals surface area (Å²) in [6.07, 6.45) is -7.56. The summed E-state index contributed by atoms with van der Waals surface area (Å²) >= 11 is 0. The molecule has 252 valence electrons. The van der Waals surface area contributed by atoms with E-state index in [-0.39, 0.29) is 71.3 Å². The quantitative estimate of drug-likeness (QED) is 0.0324. The van der Waals surface area contributed by atoms with Crippen LogP contribution in [0.15, 0.2) is 6.20 Å². The monoisotopic (exact) mass is 626 g/mol. The zero-order valence-electron chi connectivity index (χ0n) is 24.8. The molecule has 8 N–H and O–H groups in total. The molecule has 1 aromatic rings. The number of aromatic nitrogens is 3. The van der Waals surface area contributed by atoms with Crippen molar-refractivity contribution in [3.63, 3.8) is 0 Å². The second-order valence-corrected chi connectivity index (χ2v) is 9.88. The number of ketones is 1. The van der Waals surface area contributed by atoms with Crippen molar-refractivity contribution < 1.29 is 64.6 Å². The van der Waals surface area contributed by atoms with E-state index in [0.29, 0.717) is 45.3 Å². The molecule has 0 saturated carbocycles. The molecule has 0 amide bonds. The fourth-order valence-electron chi connectivity index (χ4n) is 3.92. The predicted octanol–water partition coefficient (Wildman–Crippen LogP) is -4.22. The summed E-state index contributed by atoms with van der Waals surface area (Å²) in [5.41, 5.74) is 0.424. The lowest BCUT2D eigenvalue weighted by atomic mass is 10.0. The maximum Gasteiger partial charge on any atom is 0.179 e. The summed E-state index contributed by atoms with van der Waals surface area (Å²) in [5.74, 6) is -0.118. The molecule has 6 unspecified atom stereocenters. The molecule has 0 aliphatic rings. The van der Waals surface area contributed by atoms with Gasteiger partial charge in [-0.15, -0.1) is 5.10 Å². The molecule has 1 aromatic heterocycles. The van der Waals surface area contributed by atoms with E-state index in [1.165, 1.54) is 22.7 Å². The van der Waals surface area contributed by atoms with Crippen LogP contribution in [0.2, 0.25) is 0 Å². The highest BCUT2D eigenvalue weighted by Crippen LogP contribution is 2.10. The number of rotatable bonds is 28. The molecule has 0 spiro atoms. The van der Waals surface area contributed by atoms with Gasteiger partial charge >= 0.3 is 0 Å². The van der Waals surface area contributed by atoms with E-state index < -0.39 is 36.6 Å². The van der Waals surface area contributed by atoms with Gasteiger partial charge in [0.15, 0.2) is 5.78 Å². The van der Waals surface area contributed by atoms with Gasteiger partial charge in [0.25, 0.3) is 0 Å². The van der Waals surface area contributed by atoms with Gasteiger partial charge in [-0.05, 0) is 12.8 Å². The standard InChI is InChI=1S/C26H50N4O13/c1-19(33)20-16-27-28-30(20)5-9-41-11-13-43-15-14-42-12-10-40-8-4-29(17-23(36)25(38)21(34)2-6-31)18-24(37)26(39)22(35)3-7-32/h16,21-26,31-32,34-39H,2-15,17-18H2,1H3. The number of nitrogens with zero attached hydrogens (tertiary/aromatic N) is 4. The van der Waals surface area contributed by atoms with Crippen molar-refractivity contribution in [1.82, 2.24) is 19.9 Å². The van der Waals surface area contributed by atoms with Crippen molar-refractivity contribution in [3.8, 4) is 0 Å². The van der Waals surface area contributed by atoms with Crippen LogP contribution in [0.1, 0.15) is 30.3 Å². The Morgan fingerprint density at radius 1 is 0.744 bits per heavy atom. The minimum Gasteiger partial charge on any atom is -0.396 e. The molecule has 0 radical (unpaired) electrons. The van der Waals surface area contributed by atoms with Crippen LogP contribution in [0.4, 0.5) is 0 Å². The topological polar surface area (TPSA) is 250 Å². The van der Waals surface area contributed by atoms with Gasteiger partial charge in [0.2, 0.25) is 0 Å². The summed E-state index contributed by atoms with van der Waals surface area (Å²) in [4.78, 5) is 12.9. The molecule has 0 aromatic carbocycles. The summed E-state index contributed by atoms with van der Waals surface area (Å²) in [5, 5.41) is 86.1. The van der Waals surface area contributed by atoms with Gasteiger partial charge in [-0.1, -0.05) is 5.21 Å². The largest absolute Gasteiger partial charge is 0.396 e. The number of carbonyl (C=O) groups excluding carboxylic acids is 1. The lowest BCUT2D eigenvalue weighted by Gasteiger charge is -2.32. The van der Waals surface area contributed by atoms with Gasteiger partial charge in [-0.25, -0.2) is 4.68 Å². The fraction of sp³-hybridized carbons (Fsp3) is 0.885. The smallest absolute Gasteiger partial charge is 0.179 e. The van der Waals surface area contributed by atoms with Crippen molar-refractivity contribution in [2.24, 2.45) is 0 Å². The van der Waals surface area contributed by atoms with Crippen LogP contribution >= 0.6 is 0 Å². The number of hydrogen-bond acceptors (Lipinski definition) is 16. The molecule has 1 heterocycles. The molecular formula is C26H50N4O13. The number of carbonyl (C=O) groups is 1. The molecule has 17 heteroatoms. The lowest BCUT2D eigenvalue weighted by Crippen LogP contribution is -2.50. The van der Waals surface area contributed by atoms with Crippen molar-refractivity contribution in [2.45, 2.75) is 62.9 Å². The second-order valence-electron chi connectivity index (χ2n) is 9.88. The van der Waals surface area contributed by atoms with Gasteiger partial charge in [-0.2, -0.15) is 0 Å². The SMILES string of the molecule is CC(=O)c1cnnn1CCOCCOCCOCCOCCN(CC(O)C(O)C(O)CCO)CC(O)C(O)C(O)CCO. The Labute approximate surface area is 251 Å². The third-order valence-corrected chi connectivity index (χ3v) is 6.41. The zero-order valence-corrected chi connectivity index (χ0v) is 24.8. The maximum absolute atomic E-state index is 11.4. The lowest BCUT2D eigenvalue weighted by molar-refractivity contribution is -0.0945. The zero-order chi connectivity index (χ0) is 32.0. The summed E-state index contributed by atoms with van der Waals surface area (Å²) in [6, 6.07) is 0. The highest BCUT2D eigenvalue weighted by atomic mass is 16.6. The average molecular weight is 627 g/mol. The first-order chi connectivity index (χ1) is 20.6. The van der Waals surface area contributed by atoms with Gasteiger partial charge in [-0.3, -0.25) is 9.69 Å². The van der Waals surface area contributed by atoms with Gasteiger partial charge in [0, 0.05) is 39.8 Å². The van der Waals surface area contributed by atoms with Crippen LogP contribution in [0.25, 0.3) is 0 Å². The van der Waals surface area contributed by atoms with E-state index in [0.717, 1.165) is 0 Å². The van der Waals surface area contributed by atoms with Crippen molar-refractivity contribution in [1.29, 1.82) is 0 Å². The van der Waals surface area contributed by atoms with E-state index in [1.54, 1.807) is 0 Å². The first-order valence-corrected chi connectivity index (χ1v) is 14.3. The van der Waals surface area contributed by atoms with Crippen molar-refractivity contribution >= 4 is 5.78 Å². The summed E-state index contributed by atoms with van der Waals surface area (Å²) in [6.45, 7) is 3.26. The van der Waals surface area contributed by atoms with E-state index in [2.05, 4.69) is 10.3 Å². The molecule has 0 aliphatic heterocycles. The molecule has 0 saturated heterocycles. The highest BCUT2D eigenvalue weighted by molar-refractivity contribution is 5.91. The molecule has 17 nitrogen and oxygen atoms in total. The van der Waals surface area contributed by atoms with Gasteiger partial charge in [0.1, 0.15) is 17.9 Å². The average Bonchev–Trinajstić information content (AvgIpc) is 3.45. The normalized spacial score (nSPS) is 16.2. The van der Waals surface area contributed by atoms with Crippen LogP contribution in [0.5, 0.6) is 0 Å². The van der Waals surface area contributed by atoms with E-state index in [9.17, 15) is 35.4 Å². The molecule has 43 heavy (non-hydrogen) atoms. The van der Waals surface area contributed by atoms with Gasteiger partial charge < -0.3 is 59.8 Å². The maximum atomic E-state index is 11.4. The number of hydrogen-bond donors (Lipinski definition) is 8. The summed E-state index contributed by atoms with van der Waals surface area (Å²) < 4.78 is 23.4. The Morgan fingerprint density at radius 2 is 1.19 bits per heavy atom. The van der Waals surface area contributed by atoms with Crippen molar-refractivity contribution in [2.75, 3.05) is 85.7 Å². The van der Waals surface area contributed by atoms with Crippen molar-refractivity contribution in [3.05, 3.63) is 11.9 Å². The van der Waals surface area contributed by atoms with E-state index in [4.69, 9.17) is 29.2 Å². The first kappa shape index (κ1) is 39.3. The first-order valence-electron chi connectivity index (χ1n) is 14.3. The molecule has 0 fully saturated rings. The Morgan fingerprint density at radius 3 is 1.63 bits per heavy atom. The second kappa shape index (κ2) is 23.6. The number of ether oxygens (including phenoxy) is 4. The van der Waals surface area contributed by atoms with E-state index in [1.807, 2.05) is 0 Å². The minimum absolute atomic E-state index is 0.118. The number of aliphatic hydroxyl groups excluding tert-OH is 8. The molecule has 1 rings (SSSR count). The van der Waals surface area contributed by atoms with Crippen LogP contribution in [0, 0.1) is 0 Å². The molecule has 0 bridgehead atoms. The number of Topliss-reactive ketones (excluding diaryl/α,β-unsaturated/α-hetero) is 1. The molecular weight excluding hydrogens is 576 g/mol. The third kappa shape index (κ3) is 16.8. The van der Waals surface area contributed by atoms with Crippen LogP contribution in [-0.4, -0.2) is 189 Å². The van der Waals surface area contributed by atoms with Crippen LogP contribution in [0.3, 0.4) is 0 Å². The molecule has 6 atom stereocenters. The van der Waals surface area contributed by atoms with Crippen LogP contribution in [-0.2, 0) is 25.5 Å². The number of aliphatic hydroxyl groups is 8.